The van der Waals surface area contributed by atoms with Crippen LogP contribution in [0.1, 0.15) is 26.3 Å². The monoisotopic (exact) mass is 296 g/mol. The fourth-order valence-corrected chi connectivity index (χ4v) is 2.47. The van der Waals surface area contributed by atoms with Crippen LogP contribution in [0.25, 0.3) is 16.9 Å². The molecule has 0 aliphatic carbocycles. The largest absolute Gasteiger partial charge is 0.493 e. The lowest BCUT2D eigenvalue weighted by molar-refractivity contribution is 0.416. The molecule has 2 aromatic heterocycles. The second-order valence-electron chi connectivity index (χ2n) is 6.32. The number of fused-ring (bicyclic) bond motifs is 1. The van der Waals surface area contributed by atoms with Crippen LogP contribution in [0.3, 0.4) is 0 Å². The smallest absolute Gasteiger partial charge is 0.240 e. The van der Waals surface area contributed by atoms with Gasteiger partial charge in [-0.05, 0) is 23.1 Å². The van der Waals surface area contributed by atoms with Gasteiger partial charge in [0, 0.05) is 5.56 Å². The molecule has 5 heteroatoms. The van der Waals surface area contributed by atoms with Crippen LogP contribution >= 0.6 is 0 Å². The molecule has 2 heterocycles. The number of aromatic nitrogens is 3. The van der Waals surface area contributed by atoms with Crippen LogP contribution in [0, 0.1) is 0 Å². The van der Waals surface area contributed by atoms with Crippen molar-refractivity contribution in [3.63, 3.8) is 0 Å². The predicted octanol–water partition coefficient (Wildman–Crippen LogP) is 3.28. The molecule has 0 spiro atoms. The zero-order valence-corrected chi connectivity index (χ0v) is 13.3. The summed E-state index contributed by atoms with van der Waals surface area (Å²) in [4.78, 5) is 4.23. The van der Waals surface area contributed by atoms with E-state index in [4.69, 9.17) is 10.5 Å². The van der Waals surface area contributed by atoms with Crippen LogP contribution in [-0.4, -0.2) is 21.7 Å². The first kappa shape index (κ1) is 14.4. The van der Waals surface area contributed by atoms with Gasteiger partial charge in [0.1, 0.15) is 0 Å². The van der Waals surface area contributed by atoms with Gasteiger partial charge in [-0.25, -0.2) is 4.52 Å². The van der Waals surface area contributed by atoms with E-state index in [2.05, 4.69) is 55.1 Å². The summed E-state index contributed by atoms with van der Waals surface area (Å²) < 4.78 is 7.04. The zero-order valence-electron chi connectivity index (χ0n) is 13.3. The van der Waals surface area contributed by atoms with Gasteiger partial charge in [0.05, 0.1) is 12.8 Å². The number of hydrogen-bond donors (Lipinski definition) is 1. The van der Waals surface area contributed by atoms with Crippen molar-refractivity contribution in [3.8, 4) is 17.0 Å². The Morgan fingerprint density at radius 2 is 1.73 bits per heavy atom. The number of ether oxygens (including phenoxy) is 1. The Kier molecular flexibility index (Phi) is 3.28. The first-order valence-electron chi connectivity index (χ1n) is 7.20. The Labute approximate surface area is 129 Å². The average Bonchev–Trinajstić information content (AvgIpc) is 2.86. The summed E-state index contributed by atoms with van der Waals surface area (Å²) in [5, 5.41) is 4.27. The van der Waals surface area contributed by atoms with Gasteiger partial charge in [0.15, 0.2) is 11.4 Å². The summed E-state index contributed by atoms with van der Waals surface area (Å²) in [6.45, 7) is 6.60. The molecule has 3 rings (SSSR count). The van der Waals surface area contributed by atoms with Gasteiger partial charge in [-0.1, -0.05) is 45.0 Å². The molecule has 0 radical (unpaired) electrons. The highest BCUT2D eigenvalue weighted by molar-refractivity contribution is 5.68. The number of anilines is 1. The third-order valence-electron chi connectivity index (χ3n) is 3.73. The van der Waals surface area contributed by atoms with E-state index < -0.39 is 0 Å². The normalized spacial score (nSPS) is 11.8. The van der Waals surface area contributed by atoms with Gasteiger partial charge in [0.25, 0.3) is 0 Å². The van der Waals surface area contributed by atoms with Gasteiger partial charge in [0.2, 0.25) is 5.95 Å². The molecule has 0 amide bonds. The maximum absolute atomic E-state index is 5.74. The molecule has 0 saturated carbocycles. The predicted molar refractivity (Wildman–Crippen MR) is 88.1 cm³/mol. The Morgan fingerprint density at radius 3 is 2.32 bits per heavy atom. The molecular weight excluding hydrogens is 276 g/mol. The minimum absolute atomic E-state index is 0.130. The highest BCUT2D eigenvalue weighted by Gasteiger charge is 2.15. The van der Waals surface area contributed by atoms with E-state index in [0.717, 1.165) is 11.3 Å². The van der Waals surface area contributed by atoms with Crippen LogP contribution in [0.15, 0.2) is 36.4 Å². The number of rotatable bonds is 2. The Balaban J connectivity index is 2.14. The maximum Gasteiger partial charge on any atom is 0.240 e. The summed E-state index contributed by atoms with van der Waals surface area (Å²) in [6.07, 6.45) is 0. The summed E-state index contributed by atoms with van der Waals surface area (Å²) >= 11 is 0. The van der Waals surface area contributed by atoms with Crippen LogP contribution in [-0.2, 0) is 5.41 Å². The quantitative estimate of drug-likeness (QED) is 0.788. The van der Waals surface area contributed by atoms with Crippen LogP contribution in [0.4, 0.5) is 5.95 Å². The summed E-state index contributed by atoms with van der Waals surface area (Å²) in [6, 6.07) is 12.3. The van der Waals surface area contributed by atoms with E-state index in [-0.39, 0.29) is 11.4 Å². The highest BCUT2D eigenvalue weighted by Crippen LogP contribution is 2.29. The van der Waals surface area contributed by atoms with Crippen LogP contribution in [0.5, 0.6) is 5.75 Å². The first-order chi connectivity index (χ1) is 10.4. The number of methoxy groups -OCH3 is 1. The maximum atomic E-state index is 5.74. The van der Waals surface area contributed by atoms with Crippen molar-refractivity contribution in [1.82, 2.24) is 14.6 Å². The van der Waals surface area contributed by atoms with E-state index in [9.17, 15) is 0 Å². The average molecular weight is 296 g/mol. The molecule has 5 nitrogen and oxygen atoms in total. The number of nitrogen functional groups attached to an aromatic ring is 1. The van der Waals surface area contributed by atoms with Gasteiger partial charge >= 0.3 is 0 Å². The molecule has 2 N–H and O–H groups in total. The molecule has 1 aromatic carbocycles. The molecule has 0 saturated heterocycles. The van der Waals surface area contributed by atoms with Crippen molar-refractivity contribution in [1.29, 1.82) is 0 Å². The number of nitrogens with zero attached hydrogens (tertiary/aromatic N) is 3. The molecule has 0 fully saturated rings. The molecule has 3 aromatic rings. The van der Waals surface area contributed by atoms with E-state index >= 15 is 0 Å². The highest BCUT2D eigenvalue weighted by atomic mass is 16.5. The van der Waals surface area contributed by atoms with E-state index in [0.29, 0.717) is 11.4 Å². The van der Waals surface area contributed by atoms with Gasteiger partial charge in [-0.3, -0.25) is 0 Å². The second-order valence-corrected chi connectivity index (χ2v) is 6.32. The molecule has 0 atom stereocenters. The van der Waals surface area contributed by atoms with Crippen molar-refractivity contribution in [3.05, 3.63) is 42.0 Å². The fraction of sp³-hybridized carbons (Fsp3) is 0.294. The lowest BCUT2D eigenvalue weighted by Crippen LogP contribution is -2.10. The zero-order chi connectivity index (χ0) is 15.9. The Morgan fingerprint density at radius 1 is 1.05 bits per heavy atom. The number of hydrogen-bond acceptors (Lipinski definition) is 4. The molecule has 0 aliphatic heterocycles. The third-order valence-corrected chi connectivity index (χ3v) is 3.73. The fourth-order valence-electron chi connectivity index (χ4n) is 2.47. The molecule has 0 aliphatic rings. The van der Waals surface area contributed by atoms with Crippen molar-refractivity contribution in [2.24, 2.45) is 0 Å². The van der Waals surface area contributed by atoms with Gasteiger partial charge in [-0.15, -0.1) is 5.10 Å². The minimum atomic E-state index is 0.130. The standard InChI is InChI=1S/C17H20N4O/c1-17(2,3)12-7-5-11(6-8-12)13-9-10-14(22-4)15-19-16(18)20-21(13)15/h5-10H,1-4H3,(H2,18,20). The van der Waals surface area contributed by atoms with E-state index in [1.165, 1.54) is 5.56 Å². The third kappa shape index (κ3) is 2.39. The Hall–Kier alpha value is -2.56. The van der Waals surface area contributed by atoms with Gasteiger partial charge < -0.3 is 10.5 Å². The molecular formula is C17H20N4O. The lowest BCUT2D eigenvalue weighted by Gasteiger charge is -2.19. The topological polar surface area (TPSA) is 65.4 Å². The van der Waals surface area contributed by atoms with E-state index in [1.54, 1.807) is 11.6 Å². The lowest BCUT2D eigenvalue weighted by atomic mass is 9.86. The summed E-state index contributed by atoms with van der Waals surface area (Å²) in [5.74, 6) is 0.885. The Bertz CT molecular complexity index is 813. The van der Waals surface area contributed by atoms with Crippen molar-refractivity contribution in [2.45, 2.75) is 26.2 Å². The van der Waals surface area contributed by atoms with Crippen molar-refractivity contribution in [2.75, 3.05) is 12.8 Å². The van der Waals surface area contributed by atoms with Crippen molar-refractivity contribution >= 4 is 11.6 Å². The van der Waals surface area contributed by atoms with Crippen LogP contribution < -0.4 is 10.5 Å². The minimum Gasteiger partial charge on any atom is -0.493 e. The first-order valence-corrected chi connectivity index (χ1v) is 7.20. The second kappa shape index (κ2) is 5.02. The number of benzene rings is 1. The summed E-state index contributed by atoms with van der Waals surface area (Å²) in [5.41, 5.74) is 9.78. The van der Waals surface area contributed by atoms with Crippen molar-refractivity contribution < 1.29 is 4.74 Å². The SMILES string of the molecule is COc1ccc(-c2ccc(C(C)(C)C)cc2)n2nc(N)nc12. The molecule has 0 bridgehead atoms. The van der Waals surface area contributed by atoms with E-state index in [1.807, 2.05) is 12.1 Å². The summed E-state index contributed by atoms with van der Waals surface area (Å²) in [7, 11) is 1.61. The van der Waals surface area contributed by atoms with Crippen LogP contribution in [0.2, 0.25) is 0 Å². The molecule has 114 valence electrons. The number of pyridine rings is 1. The number of nitrogens with two attached hydrogens (primary N) is 1. The molecule has 0 unspecified atom stereocenters. The van der Waals surface area contributed by atoms with Gasteiger partial charge in [-0.2, -0.15) is 4.98 Å². The molecule has 22 heavy (non-hydrogen) atoms.